The number of nitrogens with one attached hydrogen (secondary N) is 1. The molecule has 1 fully saturated rings. The van der Waals surface area contributed by atoms with E-state index >= 15 is 0 Å². The number of aromatic nitrogens is 4. The molecule has 0 atom stereocenters. The maximum atomic E-state index is 12.1. The normalized spacial score (nSPS) is 14.8. The number of benzene rings is 1. The molecule has 1 heterocycles. The quantitative estimate of drug-likeness (QED) is 0.799. The van der Waals surface area contributed by atoms with Crippen molar-refractivity contribution in [2.75, 3.05) is 11.1 Å². The molecule has 0 bridgehead atoms. The van der Waals surface area contributed by atoms with Gasteiger partial charge in [0.25, 0.3) is 0 Å². The van der Waals surface area contributed by atoms with Gasteiger partial charge in [0.15, 0.2) is 0 Å². The molecule has 1 aromatic heterocycles. The number of hydrogen-bond donors (Lipinski definition) is 1. The second kappa shape index (κ2) is 8.62. The third-order valence-electron chi connectivity index (χ3n) is 4.27. The van der Waals surface area contributed by atoms with Crippen LogP contribution in [0.1, 0.15) is 50.1 Å². The molecule has 0 aliphatic heterocycles. The van der Waals surface area contributed by atoms with Crippen LogP contribution in [0.5, 0.6) is 0 Å². The average molecular weight is 356 g/mol. The number of carbonyl (C=O) groups excluding carboxylic acids is 1. The molecule has 1 aliphatic carbocycles. The molecule has 1 saturated carbocycles. The molecule has 1 N–H and O–H groups in total. The highest BCUT2D eigenvalue weighted by Crippen LogP contribution is 2.30. The molecule has 25 heavy (non-hydrogen) atoms. The Morgan fingerprint density at radius 2 is 2.12 bits per heavy atom. The lowest BCUT2D eigenvalue weighted by molar-refractivity contribution is -0.115. The van der Waals surface area contributed by atoms with E-state index in [9.17, 15) is 4.79 Å². The van der Waals surface area contributed by atoms with E-state index in [2.05, 4.69) is 26.9 Å². The van der Waals surface area contributed by atoms with Gasteiger partial charge >= 0.3 is 0 Å². The van der Waals surface area contributed by atoms with Crippen LogP contribution in [0.25, 0.3) is 0 Å². The van der Waals surface area contributed by atoms with Crippen molar-refractivity contribution in [1.82, 2.24) is 20.2 Å². The first-order chi connectivity index (χ1) is 12.3. The van der Waals surface area contributed by atoms with E-state index in [0.717, 1.165) is 18.0 Å². The Kier molecular flexibility index (Phi) is 6.01. The number of nitrogens with zero attached hydrogens (tertiary/aromatic N) is 5. The zero-order valence-corrected chi connectivity index (χ0v) is 14.7. The highest BCUT2D eigenvalue weighted by Gasteiger charge is 2.20. The van der Waals surface area contributed by atoms with Crippen molar-refractivity contribution in [3.63, 3.8) is 0 Å². The van der Waals surface area contributed by atoms with E-state index in [0.29, 0.717) is 29.5 Å². The molecular formula is C17H20N6OS. The summed E-state index contributed by atoms with van der Waals surface area (Å²) in [6, 6.07) is 9.43. The van der Waals surface area contributed by atoms with Gasteiger partial charge in [0.1, 0.15) is 6.07 Å². The lowest BCUT2D eigenvalue weighted by atomic mass is 9.96. The molecule has 3 rings (SSSR count). The highest BCUT2D eigenvalue weighted by molar-refractivity contribution is 7.99. The topological polar surface area (TPSA) is 96.5 Å². The maximum absolute atomic E-state index is 12.1. The molecule has 0 unspecified atom stereocenters. The van der Waals surface area contributed by atoms with E-state index < -0.39 is 0 Å². The van der Waals surface area contributed by atoms with Gasteiger partial charge in [0.05, 0.1) is 17.3 Å². The minimum Gasteiger partial charge on any atom is -0.325 e. The van der Waals surface area contributed by atoms with Gasteiger partial charge < -0.3 is 5.32 Å². The molecule has 2 aromatic rings. The number of thioether (sulfide) groups is 1. The molecule has 1 aromatic carbocycles. The Morgan fingerprint density at radius 1 is 1.32 bits per heavy atom. The van der Waals surface area contributed by atoms with Gasteiger partial charge in [-0.3, -0.25) is 4.79 Å². The van der Waals surface area contributed by atoms with Crippen molar-refractivity contribution in [3.8, 4) is 6.07 Å². The number of anilines is 1. The monoisotopic (exact) mass is 356 g/mol. The van der Waals surface area contributed by atoms with Gasteiger partial charge in [0, 0.05) is 12.2 Å². The smallest absolute Gasteiger partial charge is 0.225 e. The Bertz CT molecular complexity index is 762. The Labute approximate surface area is 150 Å². The van der Waals surface area contributed by atoms with Gasteiger partial charge in [-0.1, -0.05) is 43.2 Å². The molecule has 130 valence electrons. The van der Waals surface area contributed by atoms with Crippen molar-refractivity contribution in [1.29, 1.82) is 5.26 Å². The number of para-hydroxylation sites is 1. The fourth-order valence-corrected chi connectivity index (χ4v) is 3.85. The predicted octanol–water partition coefficient (Wildman–Crippen LogP) is 3.17. The molecule has 8 heteroatoms. The van der Waals surface area contributed by atoms with Crippen LogP contribution in [-0.4, -0.2) is 31.9 Å². The van der Waals surface area contributed by atoms with E-state index in [1.54, 1.807) is 24.3 Å². The van der Waals surface area contributed by atoms with Crippen molar-refractivity contribution in [3.05, 3.63) is 29.8 Å². The molecule has 0 saturated heterocycles. The second-order valence-electron chi connectivity index (χ2n) is 6.00. The van der Waals surface area contributed by atoms with Crippen LogP contribution in [0.3, 0.4) is 0 Å². The maximum Gasteiger partial charge on any atom is 0.225 e. The number of tetrazole rings is 1. The van der Waals surface area contributed by atoms with Gasteiger partial charge in [-0.05, 0) is 35.4 Å². The lowest BCUT2D eigenvalue weighted by Crippen LogP contribution is -2.16. The first kappa shape index (κ1) is 17.4. The fraction of sp³-hybridized carbons (Fsp3) is 0.471. The molecule has 1 amide bonds. The van der Waals surface area contributed by atoms with E-state index in [1.165, 1.54) is 31.0 Å². The summed E-state index contributed by atoms with van der Waals surface area (Å²) in [4.78, 5) is 12.1. The highest BCUT2D eigenvalue weighted by atomic mass is 32.2. The van der Waals surface area contributed by atoms with Crippen LogP contribution < -0.4 is 5.32 Å². The number of hydrogen-bond acceptors (Lipinski definition) is 6. The van der Waals surface area contributed by atoms with Crippen LogP contribution in [0.2, 0.25) is 0 Å². The van der Waals surface area contributed by atoms with Gasteiger partial charge in [0.2, 0.25) is 11.1 Å². The molecule has 1 aliphatic rings. The summed E-state index contributed by atoms with van der Waals surface area (Å²) in [6.45, 7) is 0. The fourth-order valence-electron chi connectivity index (χ4n) is 2.97. The first-order valence-corrected chi connectivity index (χ1v) is 9.46. The zero-order chi connectivity index (χ0) is 17.5. The van der Waals surface area contributed by atoms with Gasteiger partial charge in [-0.2, -0.15) is 5.26 Å². The predicted molar refractivity (Wildman–Crippen MR) is 95.1 cm³/mol. The third-order valence-corrected chi connectivity index (χ3v) is 5.20. The van der Waals surface area contributed by atoms with Crippen LogP contribution in [0, 0.1) is 11.3 Å². The zero-order valence-electron chi connectivity index (χ0n) is 13.9. The number of rotatable bonds is 6. The summed E-state index contributed by atoms with van der Waals surface area (Å²) < 4.78 is 1.91. The van der Waals surface area contributed by atoms with Crippen LogP contribution in [0.15, 0.2) is 29.4 Å². The second-order valence-corrected chi connectivity index (χ2v) is 7.06. The largest absolute Gasteiger partial charge is 0.325 e. The molecular weight excluding hydrogens is 336 g/mol. The Morgan fingerprint density at radius 3 is 2.92 bits per heavy atom. The van der Waals surface area contributed by atoms with Crippen molar-refractivity contribution >= 4 is 23.4 Å². The summed E-state index contributed by atoms with van der Waals surface area (Å²) >= 11 is 1.50. The van der Waals surface area contributed by atoms with Crippen LogP contribution >= 0.6 is 11.8 Å². The number of nitriles is 1. The first-order valence-electron chi connectivity index (χ1n) is 8.47. The summed E-state index contributed by atoms with van der Waals surface area (Å²) in [7, 11) is 0. The van der Waals surface area contributed by atoms with E-state index in [1.807, 2.05) is 4.68 Å². The van der Waals surface area contributed by atoms with Gasteiger partial charge in [-0.25, -0.2) is 4.68 Å². The standard InChI is InChI=1S/C17H20N6OS/c18-12-13-6-4-5-9-15(13)19-16(24)10-11-25-17-20-21-22-23(17)14-7-2-1-3-8-14/h4-6,9,14H,1-3,7-8,10-11H2,(H,19,24). The Balaban J connectivity index is 1.51. The lowest BCUT2D eigenvalue weighted by Gasteiger charge is -2.21. The van der Waals surface area contributed by atoms with Crippen molar-refractivity contribution in [2.24, 2.45) is 0 Å². The van der Waals surface area contributed by atoms with Crippen LogP contribution in [0.4, 0.5) is 5.69 Å². The molecule has 7 nitrogen and oxygen atoms in total. The molecule has 0 spiro atoms. The van der Waals surface area contributed by atoms with Gasteiger partial charge in [-0.15, -0.1) is 5.10 Å². The van der Waals surface area contributed by atoms with Crippen molar-refractivity contribution in [2.45, 2.75) is 49.7 Å². The van der Waals surface area contributed by atoms with Crippen LogP contribution in [-0.2, 0) is 4.79 Å². The summed E-state index contributed by atoms with van der Waals surface area (Å²) in [5, 5.41) is 24.6. The molecule has 0 radical (unpaired) electrons. The summed E-state index contributed by atoms with van der Waals surface area (Å²) in [5.74, 6) is 0.472. The summed E-state index contributed by atoms with van der Waals surface area (Å²) in [6.07, 6.45) is 6.28. The van der Waals surface area contributed by atoms with E-state index in [4.69, 9.17) is 5.26 Å². The van der Waals surface area contributed by atoms with Crippen molar-refractivity contribution < 1.29 is 4.79 Å². The minimum absolute atomic E-state index is 0.119. The summed E-state index contributed by atoms with van der Waals surface area (Å²) in [5.41, 5.74) is 1.01. The average Bonchev–Trinajstić information content (AvgIpc) is 3.11. The SMILES string of the molecule is N#Cc1ccccc1NC(=O)CCSc1nnnn1C1CCCCC1. The minimum atomic E-state index is -0.119. The van der Waals surface area contributed by atoms with E-state index in [-0.39, 0.29) is 5.91 Å². The Hall–Kier alpha value is -2.40. The number of amides is 1. The third kappa shape index (κ3) is 4.57. The number of carbonyl (C=O) groups is 1.